The van der Waals surface area contributed by atoms with Crippen molar-refractivity contribution < 1.29 is 4.79 Å². The van der Waals surface area contributed by atoms with Gasteiger partial charge in [-0.15, -0.1) is 0 Å². The van der Waals surface area contributed by atoms with E-state index in [-0.39, 0.29) is 5.91 Å². The summed E-state index contributed by atoms with van der Waals surface area (Å²) >= 11 is 6.03. The van der Waals surface area contributed by atoms with Crippen LogP contribution in [0, 0.1) is 0 Å². The molecule has 0 atom stereocenters. The molecule has 1 amide bonds. The zero-order chi connectivity index (χ0) is 13.8. The van der Waals surface area contributed by atoms with Crippen LogP contribution in [0.15, 0.2) is 18.5 Å². The third-order valence-corrected chi connectivity index (χ3v) is 4.18. The molecule has 0 unspecified atom stereocenters. The first kappa shape index (κ1) is 14.3. The van der Waals surface area contributed by atoms with Crippen molar-refractivity contribution >= 4 is 17.5 Å². The van der Waals surface area contributed by atoms with Crippen LogP contribution in [0.4, 0.5) is 0 Å². The second-order valence-electron chi connectivity index (χ2n) is 4.94. The van der Waals surface area contributed by atoms with Crippen molar-refractivity contribution in [2.45, 2.75) is 25.8 Å². The highest BCUT2D eigenvalue weighted by molar-refractivity contribution is 6.33. The number of carbonyl (C=O) groups excluding carboxylic acids is 1. The highest BCUT2D eigenvalue weighted by atomic mass is 35.5. The zero-order valence-corrected chi connectivity index (χ0v) is 12.2. The fraction of sp³-hybridized carbons (Fsp3) is 0.571. The van der Waals surface area contributed by atoms with E-state index in [9.17, 15) is 4.79 Å². The lowest BCUT2D eigenvalue weighted by Crippen LogP contribution is -2.45. The van der Waals surface area contributed by atoms with Gasteiger partial charge in [-0.2, -0.15) is 0 Å². The van der Waals surface area contributed by atoms with E-state index in [4.69, 9.17) is 11.6 Å². The number of hydrogen-bond acceptors (Lipinski definition) is 3. The number of pyridine rings is 1. The van der Waals surface area contributed by atoms with Crippen LogP contribution >= 0.6 is 11.6 Å². The standard InChI is InChI=1S/C14H20ClN3O/c1-3-18-8-5-11(6-9-18)17(2)14(19)12-4-7-16-10-13(12)15/h4,7,10-11H,3,5-6,8-9H2,1-2H3. The van der Waals surface area contributed by atoms with Crippen molar-refractivity contribution in [1.29, 1.82) is 0 Å². The average molecular weight is 282 g/mol. The molecule has 5 heteroatoms. The Balaban J connectivity index is 2.02. The summed E-state index contributed by atoms with van der Waals surface area (Å²) in [6.45, 7) is 5.37. The van der Waals surface area contributed by atoms with Gasteiger partial charge in [0.1, 0.15) is 0 Å². The quantitative estimate of drug-likeness (QED) is 0.853. The van der Waals surface area contributed by atoms with Gasteiger partial charge in [0, 0.05) is 38.6 Å². The predicted molar refractivity (Wildman–Crippen MR) is 76.5 cm³/mol. The summed E-state index contributed by atoms with van der Waals surface area (Å²) in [5.41, 5.74) is 0.539. The smallest absolute Gasteiger partial charge is 0.255 e. The summed E-state index contributed by atoms with van der Waals surface area (Å²) in [7, 11) is 1.87. The van der Waals surface area contributed by atoms with Gasteiger partial charge in [-0.3, -0.25) is 9.78 Å². The van der Waals surface area contributed by atoms with E-state index < -0.39 is 0 Å². The van der Waals surface area contributed by atoms with Gasteiger partial charge < -0.3 is 9.80 Å². The lowest BCUT2D eigenvalue weighted by atomic mass is 10.0. The Bertz CT molecular complexity index is 444. The van der Waals surface area contributed by atoms with Gasteiger partial charge in [0.25, 0.3) is 5.91 Å². The Morgan fingerprint density at radius 1 is 1.53 bits per heavy atom. The molecule has 1 aliphatic heterocycles. The molecule has 1 saturated heterocycles. The van der Waals surface area contributed by atoms with Crippen LogP contribution in [0.3, 0.4) is 0 Å². The van der Waals surface area contributed by atoms with Gasteiger partial charge in [0.2, 0.25) is 0 Å². The monoisotopic (exact) mass is 281 g/mol. The molecular weight excluding hydrogens is 262 g/mol. The number of piperidine rings is 1. The van der Waals surface area contributed by atoms with Gasteiger partial charge in [-0.05, 0) is 25.5 Å². The van der Waals surface area contributed by atoms with E-state index in [1.807, 2.05) is 11.9 Å². The second-order valence-corrected chi connectivity index (χ2v) is 5.34. The van der Waals surface area contributed by atoms with E-state index in [1.54, 1.807) is 12.3 Å². The minimum absolute atomic E-state index is 0.0117. The molecule has 1 fully saturated rings. The molecule has 104 valence electrons. The third kappa shape index (κ3) is 3.25. The number of halogens is 1. The highest BCUT2D eigenvalue weighted by Crippen LogP contribution is 2.20. The van der Waals surface area contributed by atoms with Crippen molar-refractivity contribution in [3.63, 3.8) is 0 Å². The molecule has 0 radical (unpaired) electrons. The molecule has 2 heterocycles. The molecule has 0 aromatic carbocycles. The maximum absolute atomic E-state index is 12.4. The fourth-order valence-corrected chi connectivity index (χ4v) is 2.73. The average Bonchev–Trinajstić information content (AvgIpc) is 2.46. The minimum atomic E-state index is -0.0117. The normalized spacial score (nSPS) is 17.4. The Morgan fingerprint density at radius 3 is 2.79 bits per heavy atom. The second kappa shape index (κ2) is 6.35. The van der Waals surface area contributed by atoms with Gasteiger partial charge in [0.15, 0.2) is 0 Å². The lowest BCUT2D eigenvalue weighted by molar-refractivity contribution is 0.0647. The van der Waals surface area contributed by atoms with Crippen LogP contribution in [0.1, 0.15) is 30.1 Å². The van der Waals surface area contributed by atoms with Crippen LogP contribution in [0.25, 0.3) is 0 Å². The van der Waals surface area contributed by atoms with Crippen LogP contribution in [-0.2, 0) is 0 Å². The molecule has 0 spiro atoms. The molecular formula is C14H20ClN3O. The molecule has 2 rings (SSSR count). The van der Waals surface area contributed by atoms with Crippen LogP contribution < -0.4 is 0 Å². The van der Waals surface area contributed by atoms with E-state index in [1.165, 1.54) is 6.20 Å². The molecule has 0 bridgehead atoms. The van der Waals surface area contributed by atoms with Gasteiger partial charge in [0.05, 0.1) is 10.6 Å². The summed E-state index contributed by atoms with van der Waals surface area (Å²) in [5.74, 6) is -0.0117. The molecule has 0 saturated carbocycles. The summed E-state index contributed by atoms with van der Waals surface area (Å²) in [4.78, 5) is 20.6. The van der Waals surface area contributed by atoms with E-state index in [0.717, 1.165) is 32.5 Å². The molecule has 1 aliphatic rings. The number of likely N-dealkylation sites (tertiary alicyclic amines) is 1. The number of aromatic nitrogens is 1. The topological polar surface area (TPSA) is 36.4 Å². The summed E-state index contributed by atoms with van der Waals surface area (Å²) < 4.78 is 0. The fourth-order valence-electron chi connectivity index (χ4n) is 2.53. The first-order valence-corrected chi connectivity index (χ1v) is 7.10. The Kier molecular flexibility index (Phi) is 4.77. The summed E-state index contributed by atoms with van der Waals surface area (Å²) in [6.07, 6.45) is 5.17. The molecule has 1 aromatic rings. The van der Waals surface area contributed by atoms with Crippen molar-refractivity contribution in [2.24, 2.45) is 0 Å². The SMILES string of the molecule is CCN1CCC(N(C)C(=O)c2ccncc2Cl)CC1. The van der Waals surface area contributed by atoms with Crippen LogP contribution in [0.5, 0.6) is 0 Å². The summed E-state index contributed by atoms with van der Waals surface area (Å²) in [5, 5.41) is 0.422. The first-order valence-electron chi connectivity index (χ1n) is 6.72. The van der Waals surface area contributed by atoms with Gasteiger partial charge in [-0.1, -0.05) is 18.5 Å². The molecule has 19 heavy (non-hydrogen) atoms. The third-order valence-electron chi connectivity index (χ3n) is 3.88. The first-order chi connectivity index (χ1) is 9.13. The number of hydrogen-bond donors (Lipinski definition) is 0. The largest absolute Gasteiger partial charge is 0.339 e. The van der Waals surface area contributed by atoms with Gasteiger partial charge in [-0.25, -0.2) is 0 Å². The maximum atomic E-state index is 12.4. The van der Waals surface area contributed by atoms with E-state index in [2.05, 4.69) is 16.8 Å². The lowest BCUT2D eigenvalue weighted by Gasteiger charge is -2.36. The molecule has 4 nitrogen and oxygen atoms in total. The Morgan fingerprint density at radius 2 is 2.21 bits per heavy atom. The molecule has 1 aromatic heterocycles. The number of amides is 1. The van der Waals surface area contributed by atoms with Crippen molar-refractivity contribution in [3.8, 4) is 0 Å². The van der Waals surface area contributed by atoms with E-state index >= 15 is 0 Å². The zero-order valence-electron chi connectivity index (χ0n) is 11.5. The molecule has 0 aliphatic carbocycles. The maximum Gasteiger partial charge on any atom is 0.255 e. The van der Waals surface area contributed by atoms with E-state index in [0.29, 0.717) is 16.6 Å². The van der Waals surface area contributed by atoms with Crippen molar-refractivity contribution in [3.05, 3.63) is 29.0 Å². The minimum Gasteiger partial charge on any atom is -0.339 e. The molecule has 0 N–H and O–H groups in total. The van der Waals surface area contributed by atoms with Crippen molar-refractivity contribution in [1.82, 2.24) is 14.8 Å². The van der Waals surface area contributed by atoms with Crippen LogP contribution in [-0.4, -0.2) is 53.4 Å². The highest BCUT2D eigenvalue weighted by Gasteiger charge is 2.26. The van der Waals surface area contributed by atoms with Crippen molar-refractivity contribution in [2.75, 3.05) is 26.7 Å². The number of rotatable bonds is 3. The Labute approximate surface area is 119 Å². The van der Waals surface area contributed by atoms with Crippen LogP contribution in [0.2, 0.25) is 5.02 Å². The van der Waals surface area contributed by atoms with Gasteiger partial charge >= 0.3 is 0 Å². The number of carbonyl (C=O) groups is 1. The summed E-state index contributed by atoms with van der Waals surface area (Å²) in [6, 6.07) is 1.99. The number of nitrogens with zero attached hydrogens (tertiary/aromatic N) is 3. The Hall–Kier alpha value is -1.13. The predicted octanol–water partition coefficient (Wildman–Crippen LogP) is 2.29.